The molecular weight excluding hydrogens is 322 g/mol. The van der Waals surface area contributed by atoms with Crippen molar-refractivity contribution in [3.63, 3.8) is 0 Å². The summed E-state index contributed by atoms with van der Waals surface area (Å²) in [5.74, 6) is 0.535. The highest BCUT2D eigenvalue weighted by atomic mass is 16.5. The summed E-state index contributed by atoms with van der Waals surface area (Å²) in [7, 11) is 4.59. The number of piperidine rings is 3. The van der Waals surface area contributed by atoms with E-state index in [1.54, 1.807) is 13.3 Å². The van der Waals surface area contributed by atoms with E-state index in [9.17, 15) is 4.79 Å². The average Bonchev–Trinajstić information content (AvgIpc) is 2.96. The number of fused-ring (bicyclic) bond motifs is 1. The number of carbonyl (C=O) groups excluding carboxylic acids is 1. The average molecular weight is 345 g/mol. The van der Waals surface area contributed by atoms with Gasteiger partial charge in [0, 0.05) is 24.8 Å². The Morgan fingerprint density at radius 1 is 1.28 bits per heavy atom. The maximum Gasteiger partial charge on any atom is 0.319 e. The summed E-state index contributed by atoms with van der Waals surface area (Å²) in [6.07, 6.45) is 7.06. The summed E-state index contributed by atoms with van der Waals surface area (Å²) in [6, 6.07) is 1.20. The van der Waals surface area contributed by atoms with Crippen molar-refractivity contribution in [1.82, 2.24) is 14.9 Å². The largest absolute Gasteiger partial charge is 0.480 e. The molecule has 0 radical (unpaired) electrons. The van der Waals surface area contributed by atoms with Crippen LogP contribution in [0.3, 0.4) is 0 Å². The van der Waals surface area contributed by atoms with Crippen molar-refractivity contribution in [2.75, 3.05) is 27.9 Å². The predicted molar refractivity (Wildman–Crippen MR) is 90.2 cm³/mol. The molecule has 5 unspecified atom stereocenters. The van der Waals surface area contributed by atoms with Crippen molar-refractivity contribution in [1.29, 1.82) is 0 Å². The van der Waals surface area contributed by atoms with Gasteiger partial charge < -0.3 is 14.2 Å². The number of hydrogen-bond acceptors (Lipinski definition) is 7. The van der Waals surface area contributed by atoms with Crippen molar-refractivity contribution in [3.05, 3.63) is 17.3 Å². The van der Waals surface area contributed by atoms with E-state index in [4.69, 9.17) is 14.2 Å². The third-order valence-electron chi connectivity index (χ3n) is 5.85. The van der Waals surface area contributed by atoms with Crippen LogP contribution in [-0.4, -0.2) is 60.8 Å². The molecule has 5 rings (SSSR count). The first-order valence-electron chi connectivity index (χ1n) is 8.65. The Morgan fingerprint density at radius 3 is 2.84 bits per heavy atom. The lowest BCUT2D eigenvalue weighted by Gasteiger charge is -2.50. The van der Waals surface area contributed by atoms with Crippen LogP contribution in [0.15, 0.2) is 11.8 Å². The highest BCUT2D eigenvalue weighted by molar-refractivity contribution is 5.76. The van der Waals surface area contributed by atoms with Crippen LogP contribution < -0.4 is 9.47 Å². The first kappa shape index (κ1) is 16.3. The fourth-order valence-corrected chi connectivity index (χ4v) is 4.80. The van der Waals surface area contributed by atoms with E-state index in [0.717, 1.165) is 24.9 Å². The second-order valence-corrected chi connectivity index (χ2v) is 6.90. The highest BCUT2D eigenvalue weighted by Crippen LogP contribution is 2.51. The van der Waals surface area contributed by atoms with Crippen molar-refractivity contribution in [2.24, 2.45) is 11.8 Å². The van der Waals surface area contributed by atoms with E-state index in [0.29, 0.717) is 18.0 Å². The van der Waals surface area contributed by atoms with Gasteiger partial charge >= 0.3 is 12.0 Å². The lowest BCUT2D eigenvalue weighted by molar-refractivity contribution is -0.153. The summed E-state index contributed by atoms with van der Waals surface area (Å²) >= 11 is 0. The molecule has 0 N–H and O–H groups in total. The number of esters is 1. The van der Waals surface area contributed by atoms with E-state index in [1.807, 2.05) is 0 Å². The summed E-state index contributed by atoms with van der Waals surface area (Å²) < 4.78 is 15.5. The van der Waals surface area contributed by atoms with Crippen LogP contribution in [0.2, 0.25) is 0 Å². The van der Waals surface area contributed by atoms with Gasteiger partial charge in [-0.2, -0.15) is 4.98 Å². The van der Waals surface area contributed by atoms with Gasteiger partial charge in [-0.1, -0.05) is 5.57 Å². The summed E-state index contributed by atoms with van der Waals surface area (Å²) in [4.78, 5) is 23.3. The lowest BCUT2D eigenvalue weighted by atomic mass is 9.71. The fraction of sp³-hybridized carbons (Fsp3) is 0.611. The van der Waals surface area contributed by atoms with E-state index >= 15 is 0 Å². The highest BCUT2D eigenvalue weighted by Gasteiger charge is 2.55. The van der Waals surface area contributed by atoms with Gasteiger partial charge in [0.2, 0.25) is 5.88 Å². The molecule has 4 bridgehead atoms. The maximum atomic E-state index is 12.4. The lowest BCUT2D eigenvalue weighted by Crippen LogP contribution is -2.58. The van der Waals surface area contributed by atoms with Gasteiger partial charge in [0.15, 0.2) is 0 Å². The second-order valence-electron chi connectivity index (χ2n) is 6.90. The summed E-state index contributed by atoms with van der Waals surface area (Å²) in [5.41, 5.74) is 2.04. The van der Waals surface area contributed by atoms with Crippen molar-refractivity contribution in [3.8, 4) is 11.9 Å². The van der Waals surface area contributed by atoms with E-state index in [-0.39, 0.29) is 23.8 Å². The standard InChI is InChI=1S/C18H23N3O4/c1-23-16-10(8-19-18(20-16)25-3)6-11-9-21-12-4-5-14(21)15(13(11)7-12)17(22)24-2/h6,8,12-15H,4-5,7,9H2,1-3H3/b11-6+. The van der Waals surface area contributed by atoms with Crippen molar-refractivity contribution in [2.45, 2.75) is 31.3 Å². The van der Waals surface area contributed by atoms with Crippen LogP contribution >= 0.6 is 0 Å². The normalized spacial score (nSPS) is 34.2. The topological polar surface area (TPSA) is 73.8 Å². The summed E-state index contributed by atoms with van der Waals surface area (Å²) in [5, 5.41) is 0. The van der Waals surface area contributed by atoms with Gasteiger partial charge in [-0.15, -0.1) is 0 Å². The zero-order valence-electron chi connectivity index (χ0n) is 14.8. The van der Waals surface area contributed by atoms with Gasteiger partial charge in [-0.05, 0) is 31.3 Å². The fourth-order valence-electron chi connectivity index (χ4n) is 4.80. The minimum absolute atomic E-state index is 0.0751. The molecule has 5 heterocycles. The molecule has 0 aliphatic carbocycles. The molecule has 0 saturated carbocycles. The van der Waals surface area contributed by atoms with Crippen LogP contribution in [0.1, 0.15) is 24.8 Å². The SMILES string of the molecule is COC(=O)C1C2CC3CCC1N3C/C2=C\c1cnc(OC)nc1OC. The molecule has 4 saturated heterocycles. The zero-order chi connectivity index (χ0) is 17.6. The minimum Gasteiger partial charge on any atom is -0.480 e. The van der Waals surface area contributed by atoms with Crippen LogP contribution in [0, 0.1) is 11.8 Å². The third kappa shape index (κ3) is 2.57. The molecule has 4 aliphatic rings. The number of carbonyl (C=O) groups is 1. The quantitative estimate of drug-likeness (QED) is 0.766. The van der Waals surface area contributed by atoms with Crippen molar-refractivity contribution < 1.29 is 19.0 Å². The zero-order valence-corrected chi connectivity index (χ0v) is 14.8. The number of hydrogen-bond donors (Lipinski definition) is 0. The number of aromatic nitrogens is 2. The first-order chi connectivity index (χ1) is 12.2. The Kier molecular flexibility index (Phi) is 4.11. The summed E-state index contributed by atoms with van der Waals surface area (Å²) in [6.45, 7) is 0.892. The monoisotopic (exact) mass is 345 g/mol. The number of ether oxygens (including phenoxy) is 3. The Balaban J connectivity index is 1.69. The smallest absolute Gasteiger partial charge is 0.319 e. The van der Waals surface area contributed by atoms with E-state index in [2.05, 4.69) is 20.9 Å². The molecule has 4 aliphatic heterocycles. The van der Waals surface area contributed by atoms with Gasteiger partial charge in [0.1, 0.15) is 0 Å². The molecule has 25 heavy (non-hydrogen) atoms. The van der Waals surface area contributed by atoms with E-state index in [1.165, 1.54) is 26.2 Å². The van der Waals surface area contributed by atoms with E-state index < -0.39 is 0 Å². The molecular formula is C18H23N3O4. The predicted octanol–water partition coefficient (Wildman–Crippen LogP) is 1.53. The Labute approximate surface area is 147 Å². The van der Waals surface area contributed by atoms with Gasteiger partial charge in [0.25, 0.3) is 0 Å². The Hall–Kier alpha value is -2.15. The first-order valence-corrected chi connectivity index (χ1v) is 8.65. The van der Waals surface area contributed by atoms with Crippen LogP contribution in [-0.2, 0) is 9.53 Å². The van der Waals surface area contributed by atoms with Gasteiger partial charge in [-0.3, -0.25) is 9.69 Å². The molecule has 7 heteroatoms. The Morgan fingerprint density at radius 2 is 2.12 bits per heavy atom. The molecule has 1 aromatic rings. The van der Waals surface area contributed by atoms with Crippen LogP contribution in [0.5, 0.6) is 11.9 Å². The third-order valence-corrected chi connectivity index (χ3v) is 5.85. The van der Waals surface area contributed by atoms with Gasteiger partial charge in [-0.25, -0.2) is 4.98 Å². The molecule has 0 aromatic carbocycles. The maximum absolute atomic E-state index is 12.4. The molecule has 1 aromatic heterocycles. The Bertz CT molecular complexity index is 720. The van der Waals surface area contributed by atoms with Crippen LogP contribution in [0.25, 0.3) is 6.08 Å². The number of methoxy groups -OCH3 is 3. The molecule has 4 fully saturated rings. The number of rotatable bonds is 4. The second kappa shape index (κ2) is 6.29. The minimum atomic E-state index is -0.0936. The van der Waals surface area contributed by atoms with Crippen molar-refractivity contribution >= 4 is 12.0 Å². The molecule has 0 spiro atoms. The molecule has 134 valence electrons. The van der Waals surface area contributed by atoms with Gasteiger partial charge in [0.05, 0.1) is 32.8 Å². The van der Waals surface area contributed by atoms with Crippen LogP contribution in [0.4, 0.5) is 0 Å². The molecule has 5 atom stereocenters. The number of nitrogens with zero attached hydrogens (tertiary/aromatic N) is 3. The molecule has 7 nitrogen and oxygen atoms in total. The molecule has 0 amide bonds.